The topological polar surface area (TPSA) is 101 Å². The zero-order valence-corrected chi connectivity index (χ0v) is 16.5. The molecule has 31 heavy (non-hydrogen) atoms. The molecular formula is C24H18N4O3. The molecule has 1 N–H and O–H groups in total. The summed E-state index contributed by atoms with van der Waals surface area (Å²) >= 11 is 0. The summed E-state index contributed by atoms with van der Waals surface area (Å²) in [7, 11) is 0. The van der Waals surface area contributed by atoms with Crippen molar-refractivity contribution in [3.8, 4) is 40.0 Å². The average Bonchev–Trinajstić information content (AvgIpc) is 2.84. The van der Waals surface area contributed by atoms with Crippen LogP contribution in [0.25, 0.3) is 28.1 Å². The molecule has 0 atom stereocenters. The quantitative estimate of drug-likeness (QED) is 0.524. The van der Waals surface area contributed by atoms with Gasteiger partial charge in [0.05, 0.1) is 35.8 Å². The molecule has 3 heterocycles. The number of hydrogen-bond acceptors (Lipinski definition) is 6. The molecule has 0 aliphatic rings. The lowest BCUT2D eigenvalue weighted by Crippen LogP contribution is -2.20. The van der Waals surface area contributed by atoms with E-state index >= 15 is 0 Å². The lowest BCUT2D eigenvalue weighted by molar-refractivity contribution is 0.196. The van der Waals surface area contributed by atoms with E-state index in [1.165, 1.54) is 10.8 Å². The SMILES string of the molecule is N#Cc1ccccc1-c1cc(-c2ccccn2)cn(-c2ccc(OCCO)nc2)c1=O. The van der Waals surface area contributed by atoms with E-state index in [2.05, 4.69) is 16.0 Å². The van der Waals surface area contributed by atoms with Crippen LogP contribution >= 0.6 is 0 Å². The molecule has 0 spiro atoms. The maximum Gasteiger partial charge on any atom is 0.263 e. The Hall–Kier alpha value is -4.28. The van der Waals surface area contributed by atoms with E-state index in [1.54, 1.807) is 54.9 Å². The zero-order valence-electron chi connectivity index (χ0n) is 16.5. The first kappa shape index (κ1) is 20.0. The van der Waals surface area contributed by atoms with Gasteiger partial charge in [0.2, 0.25) is 5.88 Å². The van der Waals surface area contributed by atoms with Gasteiger partial charge < -0.3 is 9.84 Å². The van der Waals surface area contributed by atoms with Crippen LogP contribution in [-0.4, -0.2) is 32.9 Å². The van der Waals surface area contributed by atoms with Crippen LogP contribution in [0.2, 0.25) is 0 Å². The number of benzene rings is 1. The van der Waals surface area contributed by atoms with Gasteiger partial charge in [-0.05, 0) is 30.3 Å². The van der Waals surface area contributed by atoms with E-state index in [9.17, 15) is 10.1 Å². The van der Waals surface area contributed by atoms with Crippen LogP contribution in [0, 0.1) is 11.3 Å². The Morgan fingerprint density at radius 2 is 1.87 bits per heavy atom. The molecule has 152 valence electrons. The lowest BCUT2D eigenvalue weighted by Gasteiger charge is -2.13. The number of ether oxygens (including phenoxy) is 1. The zero-order chi connectivity index (χ0) is 21.6. The normalized spacial score (nSPS) is 10.5. The maximum atomic E-state index is 13.4. The predicted octanol–water partition coefficient (Wildman–Crippen LogP) is 3.20. The fourth-order valence-electron chi connectivity index (χ4n) is 3.21. The first-order valence-corrected chi connectivity index (χ1v) is 9.59. The van der Waals surface area contributed by atoms with Crippen molar-refractivity contribution in [3.63, 3.8) is 0 Å². The highest BCUT2D eigenvalue weighted by Crippen LogP contribution is 2.26. The summed E-state index contributed by atoms with van der Waals surface area (Å²) in [6, 6.07) is 19.8. The number of aliphatic hydroxyl groups is 1. The number of nitrogens with zero attached hydrogens (tertiary/aromatic N) is 4. The summed E-state index contributed by atoms with van der Waals surface area (Å²) in [5.41, 5.74) is 3.03. The monoisotopic (exact) mass is 410 g/mol. The molecule has 0 unspecified atom stereocenters. The predicted molar refractivity (Wildman–Crippen MR) is 116 cm³/mol. The Balaban J connectivity index is 1.91. The van der Waals surface area contributed by atoms with Crippen molar-refractivity contribution in [1.29, 1.82) is 5.26 Å². The number of rotatable bonds is 6. The molecule has 1 aromatic carbocycles. The van der Waals surface area contributed by atoms with Gasteiger partial charge in [-0.1, -0.05) is 24.3 Å². The summed E-state index contributed by atoms with van der Waals surface area (Å²) in [5, 5.41) is 18.4. The Morgan fingerprint density at radius 1 is 1.03 bits per heavy atom. The molecular weight excluding hydrogens is 392 g/mol. The smallest absolute Gasteiger partial charge is 0.263 e. The van der Waals surface area contributed by atoms with Gasteiger partial charge in [0.25, 0.3) is 5.56 Å². The third-order valence-electron chi connectivity index (χ3n) is 4.66. The van der Waals surface area contributed by atoms with E-state index in [0.717, 1.165) is 5.56 Å². The minimum Gasteiger partial charge on any atom is -0.475 e. The Labute approximate surface area is 178 Å². The van der Waals surface area contributed by atoms with Crippen molar-refractivity contribution < 1.29 is 9.84 Å². The summed E-state index contributed by atoms with van der Waals surface area (Å²) < 4.78 is 6.78. The molecule has 0 aliphatic heterocycles. The maximum absolute atomic E-state index is 13.4. The molecule has 4 aromatic rings. The summed E-state index contributed by atoms with van der Waals surface area (Å²) in [5.74, 6) is 0.349. The standard InChI is InChI=1S/C24H18N4O3/c25-14-17-5-1-2-6-20(17)21-13-18(22-7-3-4-10-26-22)16-28(24(21)30)19-8-9-23(27-15-19)31-12-11-29/h1-10,13,15-16,29H,11-12H2. The highest BCUT2D eigenvalue weighted by molar-refractivity contribution is 5.74. The summed E-state index contributed by atoms with van der Waals surface area (Å²) in [4.78, 5) is 22.0. The summed E-state index contributed by atoms with van der Waals surface area (Å²) in [6.07, 6.45) is 4.91. The van der Waals surface area contributed by atoms with Gasteiger partial charge in [-0.15, -0.1) is 0 Å². The van der Waals surface area contributed by atoms with Crippen LogP contribution in [0.15, 0.2) is 84.0 Å². The van der Waals surface area contributed by atoms with Crippen molar-refractivity contribution >= 4 is 0 Å². The second-order valence-corrected chi connectivity index (χ2v) is 6.62. The molecule has 0 saturated heterocycles. The highest BCUT2D eigenvalue weighted by Gasteiger charge is 2.15. The van der Waals surface area contributed by atoms with Crippen LogP contribution in [0.1, 0.15) is 5.56 Å². The number of nitriles is 1. The van der Waals surface area contributed by atoms with Crippen molar-refractivity contribution in [2.24, 2.45) is 0 Å². The van der Waals surface area contributed by atoms with Gasteiger partial charge in [0.1, 0.15) is 6.61 Å². The number of pyridine rings is 3. The minimum atomic E-state index is -0.284. The van der Waals surface area contributed by atoms with E-state index in [-0.39, 0.29) is 18.8 Å². The Bertz CT molecular complexity index is 1290. The van der Waals surface area contributed by atoms with Gasteiger partial charge in [-0.2, -0.15) is 5.26 Å². The molecule has 0 bridgehead atoms. The van der Waals surface area contributed by atoms with Crippen molar-refractivity contribution in [2.45, 2.75) is 0 Å². The second kappa shape index (κ2) is 9.03. The molecule has 0 radical (unpaired) electrons. The van der Waals surface area contributed by atoms with Gasteiger partial charge in [-0.25, -0.2) is 4.98 Å². The number of hydrogen-bond donors (Lipinski definition) is 1. The molecule has 0 amide bonds. The fourth-order valence-corrected chi connectivity index (χ4v) is 3.21. The van der Waals surface area contributed by atoms with E-state index < -0.39 is 0 Å². The number of aliphatic hydroxyl groups excluding tert-OH is 1. The average molecular weight is 410 g/mol. The number of aromatic nitrogens is 3. The molecule has 7 heteroatoms. The first-order valence-electron chi connectivity index (χ1n) is 9.59. The lowest BCUT2D eigenvalue weighted by atomic mass is 9.99. The van der Waals surface area contributed by atoms with Crippen LogP contribution in [0.5, 0.6) is 5.88 Å². The van der Waals surface area contributed by atoms with E-state index in [0.29, 0.717) is 34.0 Å². The molecule has 4 rings (SSSR count). The van der Waals surface area contributed by atoms with Gasteiger partial charge >= 0.3 is 0 Å². The molecule has 7 nitrogen and oxygen atoms in total. The fraction of sp³-hybridized carbons (Fsp3) is 0.0833. The van der Waals surface area contributed by atoms with E-state index in [1.807, 2.05) is 18.2 Å². The minimum absolute atomic E-state index is 0.114. The van der Waals surface area contributed by atoms with Crippen molar-refractivity contribution in [1.82, 2.24) is 14.5 Å². The van der Waals surface area contributed by atoms with Crippen LogP contribution in [-0.2, 0) is 0 Å². The first-order chi connectivity index (χ1) is 15.2. The van der Waals surface area contributed by atoms with Gasteiger partial charge in [-0.3, -0.25) is 14.3 Å². The Morgan fingerprint density at radius 3 is 2.58 bits per heavy atom. The van der Waals surface area contributed by atoms with Crippen LogP contribution in [0.4, 0.5) is 0 Å². The largest absolute Gasteiger partial charge is 0.475 e. The van der Waals surface area contributed by atoms with Crippen LogP contribution < -0.4 is 10.3 Å². The molecule has 0 fully saturated rings. The third kappa shape index (κ3) is 4.20. The molecule has 0 aliphatic carbocycles. The Kier molecular flexibility index (Phi) is 5.83. The molecule has 0 saturated carbocycles. The highest BCUT2D eigenvalue weighted by atomic mass is 16.5. The van der Waals surface area contributed by atoms with Crippen molar-refractivity contribution in [3.05, 3.63) is 95.2 Å². The van der Waals surface area contributed by atoms with E-state index in [4.69, 9.17) is 9.84 Å². The van der Waals surface area contributed by atoms with Crippen LogP contribution in [0.3, 0.4) is 0 Å². The second-order valence-electron chi connectivity index (χ2n) is 6.62. The van der Waals surface area contributed by atoms with Crippen molar-refractivity contribution in [2.75, 3.05) is 13.2 Å². The summed E-state index contributed by atoms with van der Waals surface area (Å²) in [6.45, 7) is 0.0211. The molecule has 3 aromatic heterocycles. The van der Waals surface area contributed by atoms with Gasteiger partial charge in [0, 0.05) is 35.2 Å². The third-order valence-corrected chi connectivity index (χ3v) is 4.66. The van der Waals surface area contributed by atoms with Gasteiger partial charge in [0.15, 0.2) is 0 Å².